The molecule has 0 saturated heterocycles. The molecule has 0 radical (unpaired) electrons. The van der Waals surface area contributed by atoms with Crippen LogP contribution in [0.15, 0.2) is 47.0 Å². The predicted molar refractivity (Wildman–Crippen MR) is 111 cm³/mol. The topological polar surface area (TPSA) is 29.9 Å². The standard InChI is InChI=1S/C24H27N2O/c1-6-17-8-12-21(26(5)14-17)22-16(4)7-10-19-20-11-9-18(13-15(2)3)25-24(20)27-23(19)22/h7-12,14-15H,6,13H2,1-5H3/q+1/i6D2. The van der Waals surface area contributed by atoms with Gasteiger partial charge in [-0.3, -0.25) is 0 Å². The molecule has 0 saturated carbocycles. The third-order valence-corrected chi connectivity index (χ3v) is 5.07. The lowest BCUT2D eigenvalue weighted by Gasteiger charge is -2.06. The van der Waals surface area contributed by atoms with Gasteiger partial charge in [0.1, 0.15) is 7.05 Å². The molecule has 0 bridgehead atoms. The Balaban J connectivity index is 1.94. The summed E-state index contributed by atoms with van der Waals surface area (Å²) in [5, 5.41) is 2.08. The first-order chi connectivity index (χ1) is 13.6. The van der Waals surface area contributed by atoms with E-state index < -0.39 is 6.37 Å². The first-order valence-corrected chi connectivity index (χ1v) is 9.47. The highest BCUT2D eigenvalue weighted by Gasteiger charge is 2.21. The van der Waals surface area contributed by atoms with Gasteiger partial charge >= 0.3 is 0 Å². The lowest BCUT2D eigenvalue weighted by atomic mass is 10.00. The van der Waals surface area contributed by atoms with Gasteiger partial charge in [-0.25, -0.2) is 9.55 Å². The quantitative estimate of drug-likeness (QED) is 0.447. The number of benzene rings is 1. The maximum Gasteiger partial charge on any atom is 0.227 e. The van der Waals surface area contributed by atoms with Crippen LogP contribution in [0.2, 0.25) is 0 Å². The normalized spacial score (nSPS) is 13.4. The molecule has 3 heteroatoms. The molecular weight excluding hydrogens is 332 g/mol. The molecule has 0 atom stereocenters. The number of hydrogen-bond donors (Lipinski definition) is 0. The van der Waals surface area contributed by atoms with Crippen molar-refractivity contribution in [3.8, 4) is 11.3 Å². The van der Waals surface area contributed by atoms with Gasteiger partial charge in [0.2, 0.25) is 11.4 Å². The fourth-order valence-corrected chi connectivity index (χ4v) is 3.72. The van der Waals surface area contributed by atoms with Crippen LogP contribution in [0.3, 0.4) is 0 Å². The van der Waals surface area contributed by atoms with Gasteiger partial charge in [0.15, 0.2) is 11.8 Å². The smallest absolute Gasteiger partial charge is 0.227 e. The van der Waals surface area contributed by atoms with E-state index in [1.54, 1.807) is 6.92 Å². The molecule has 0 amide bonds. The Labute approximate surface area is 163 Å². The maximum absolute atomic E-state index is 7.99. The molecule has 4 rings (SSSR count). The van der Waals surface area contributed by atoms with E-state index in [9.17, 15) is 0 Å². The SMILES string of the molecule is [2H]C([2H])(C)c1ccc(-c2c(C)ccc3c2oc2nc(CC(C)C)ccc23)[n+](C)c1. The number of fused-ring (bicyclic) bond motifs is 3. The minimum Gasteiger partial charge on any atom is -0.437 e. The number of furan rings is 1. The van der Waals surface area contributed by atoms with Crippen molar-refractivity contribution in [3.05, 3.63) is 59.4 Å². The maximum atomic E-state index is 7.99. The minimum atomic E-state index is -1.38. The van der Waals surface area contributed by atoms with Crippen LogP contribution in [0.5, 0.6) is 0 Å². The molecule has 3 nitrogen and oxygen atoms in total. The van der Waals surface area contributed by atoms with Crippen molar-refractivity contribution in [2.45, 2.75) is 40.5 Å². The molecular formula is C24H27N2O+. The van der Waals surface area contributed by atoms with E-state index in [2.05, 4.69) is 45.0 Å². The lowest BCUT2D eigenvalue weighted by Crippen LogP contribution is -2.31. The second kappa shape index (κ2) is 6.80. The molecule has 138 valence electrons. The van der Waals surface area contributed by atoms with E-state index in [0.717, 1.165) is 45.3 Å². The highest BCUT2D eigenvalue weighted by Crippen LogP contribution is 2.36. The molecule has 3 heterocycles. The highest BCUT2D eigenvalue weighted by molar-refractivity contribution is 6.08. The lowest BCUT2D eigenvalue weighted by molar-refractivity contribution is -0.660. The fraction of sp³-hybridized carbons (Fsp3) is 0.333. The summed E-state index contributed by atoms with van der Waals surface area (Å²) in [6.07, 6.45) is 1.40. The van der Waals surface area contributed by atoms with E-state index in [1.807, 2.05) is 29.9 Å². The van der Waals surface area contributed by atoms with Crippen LogP contribution in [0.25, 0.3) is 33.3 Å². The predicted octanol–water partition coefficient (Wildman–Crippen LogP) is 5.54. The molecule has 0 aliphatic rings. The van der Waals surface area contributed by atoms with Crippen molar-refractivity contribution in [1.82, 2.24) is 4.98 Å². The van der Waals surface area contributed by atoms with Gasteiger partial charge in [-0.05, 0) is 49.4 Å². The zero-order valence-corrected chi connectivity index (χ0v) is 16.6. The van der Waals surface area contributed by atoms with Crippen molar-refractivity contribution in [1.29, 1.82) is 0 Å². The molecule has 3 aromatic heterocycles. The van der Waals surface area contributed by atoms with Crippen LogP contribution in [-0.2, 0) is 19.8 Å². The fourth-order valence-electron chi connectivity index (χ4n) is 3.72. The number of pyridine rings is 2. The van der Waals surface area contributed by atoms with Crippen LogP contribution in [0, 0.1) is 12.8 Å². The first-order valence-electron chi connectivity index (χ1n) is 10.5. The van der Waals surface area contributed by atoms with Gasteiger partial charge in [0.05, 0.1) is 5.56 Å². The van der Waals surface area contributed by atoms with Crippen LogP contribution in [0.1, 0.15) is 40.3 Å². The summed E-state index contributed by atoms with van der Waals surface area (Å²) in [5.41, 5.74) is 6.33. The molecule has 0 fully saturated rings. The van der Waals surface area contributed by atoms with Crippen LogP contribution < -0.4 is 4.57 Å². The second-order valence-corrected chi connectivity index (χ2v) is 7.65. The van der Waals surface area contributed by atoms with Gasteiger partial charge in [0.25, 0.3) is 0 Å². The Bertz CT molecular complexity index is 1220. The van der Waals surface area contributed by atoms with E-state index in [0.29, 0.717) is 17.2 Å². The molecule has 0 aliphatic heterocycles. The van der Waals surface area contributed by atoms with E-state index in [4.69, 9.17) is 12.1 Å². The number of hydrogen-bond acceptors (Lipinski definition) is 2. The van der Waals surface area contributed by atoms with Crippen molar-refractivity contribution in [3.63, 3.8) is 0 Å². The molecule has 0 N–H and O–H groups in total. The Morgan fingerprint density at radius 1 is 1.11 bits per heavy atom. The summed E-state index contributed by atoms with van der Waals surface area (Å²) < 4.78 is 24.2. The van der Waals surface area contributed by atoms with Gasteiger partial charge < -0.3 is 4.42 Å². The zero-order chi connectivity index (χ0) is 20.9. The first kappa shape index (κ1) is 15.4. The van der Waals surface area contributed by atoms with Gasteiger partial charge in [-0.15, -0.1) is 0 Å². The second-order valence-electron chi connectivity index (χ2n) is 7.65. The minimum absolute atomic E-state index is 0.541. The monoisotopic (exact) mass is 361 g/mol. The average molecular weight is 362 g/mol. The molecule has 1 aromatic carbocycles. The summed E-state index contributed by atoms with van der Waals surface area (Å²) >= 11 is 0. The number of nitrogens with zero attached hydrogens (tertiary/aromatic N) is 2. The summed E-state index contributed by atoms with van der Waals surface area (Å²) in [7, 11) is 1.95. The van der Waals surface area contributed by atoms with Crippen LogP contribution in [-0.4, -0.2) is 4.98 Å². The van der Waals surface area contributed by atoms with Crippen molar-refractivity contribution in [2.75, 3.05) is 0 Å². The Morgan fingerprint density at radius 3 is 2.59 bits per heavy atom. The zero-order valence-electron chi connectivity index (χ0n) is 18.6. The number of rotatable bonds is 4. The number of aryl methyl sites for hydroxylation is 3. The third kappa shape index (κ3) is 3.12. The molecule has 27 heavy (non-hydrogen) atoms. The largest absolute Gasteiger partial charge is 0.437 e. The number of aromatic nitrogens is 2. The van der Waals surface area contributed by atoms with Gasteiger partial charge in [0, 0.05) is 30.8 Å². The van der Waals surface area contributed by atoms with Crippen molar-refractivity contribution in [2.24, 2.45) is 13.0 Å². The van der Waals surface area contributed by atoms with E-state index >= 15 is 0 Å². The summed E-state index contributed by atoms with van der Waals surface area (Å²) in [4.78, 5) is 4.76. The van der Waals surface area contributed by atoms with Crippen molar-refractivity contribution < 1.29 is 11.7 Å². The average Bonchev–Trinajstić information content (AvgIpc) is 2.98. The van der Waals surface area contributed by atoms with Gasteiger partial charge in [-0.2, -0.15) is 0 Å². The van der Waals surface area contributed by atoms with Gasteiger partial charge in [-0.1, -0.05) is 32.9 Å². The van der Waals surface area contributed by atoms with E-state index in [-0.39, 0.29) is 0 Å². The van der Waals surface area contributed by atoms with Crippen LogP contribution >= 0.6 is 0 Å². The Kier molecular flexibility index (Phi) is 3.88. The summed E-state index contributed by atoms with van der Waals surface area (Å²) in [6, 6.07) is 12.2. The van der Waals surface area contributed by atoms with E-state index in [1.165, 1.54) is 0 Å². The van der Waals surface area contributed by atoms with Crippen molar-refractivity contribution >= 4 is 22.1 Å². The molecule has 0 aliphatic carbocycles. The summed E-state index contributed by atoms with van der Waals surface area (Å²) in [5.74, 6) is 0.541. The molecule has 0 unspecified atom stereocenters. The molecule has 4 aromatic rings. The van der Waals surface area contributed by atoms with Crippen LogP contribution in [0.4, 0.5) is 0 Å². The summed E-state index contributed by atoms with van der Waals surface area (Å²) in [6.45, 7) is 8.03. The molecule has 0 spiro atoms. The third-order valence-electron chi connectivity index (χ3n) is 5.07. The Hall–Kier alpha value is -2.68. The highest BCUT2D eigenvalue weighted by atomic mass is 16.3. The Morgan fingerprint density at radius 2 is 1.89 bits per heavy atom.